The predicted molar refractivity (Wildman–Crippen MR) is 80.1 cm³/mol. The van der Waals surface area contributed by atoms with Crippen LogP contribution in [0.2, 0.25) is 0 Å². The number of rotatable bonds is 8. The lowest BCUT2D eigenvalue weighted by molar-refractivity contribution is -0.385. The number of hydrogen-bond acceptors (Lipinski definition) is 4. The first-order valence-electron chi connectivity index (χ1n) is 7.05. The molecule has 0 aromatic heterocycles. The predicted octanol–water partition coefficient (Wildman–Crippen LogP) is 3.44. The van der Waals surface area contributed by atoms with Crippen LogP contribution in [-0.2, 0) is 6.42 Å². The summed E-state index contributed by atoms with van der Waals surface area (Å²) in [4.78, 5) is 10.5. The van der Waals surface area contributed by atoms with Gasteiger partial charge in [0.1, 0.15) is 5.75 Å². The molecule has 0 fully saturated rings. The van der Waals surface area contributed by atoms with E-state index in [0.717, 1.165) is 31.2 Å². The van der Waals surface area contributed by atoms with E-state index in [9.17, 15) is 10.1 Å². The van der Waals surface area contributed by atoms with Crippen LogP contribution in [0.4, 0.5) is 5.69 Å². The molecule has 20 heavy (non-hydrogen) atoms. The Morgan fingerprint density at radius 2 is 2.05 bits per heavy atom. The summed E-state index contributed by atoms with van der Waals surface area (Å²) in [5.41, 5.74) is 7.02. The summed E-state index contributed by atoms with van der Waals surface area (Å²) in [7, 11) is 1.51. The molecule has 0 spiro atoms. The van der Waals surface area contributed by atoms with Crippen molar-refractivity contribution in [2.75, 3.05) is 7.11 Å². The van der Waals surface area contributed by atoms with Crippen molar-refractivity contribution in [2.24, 2.45) is 5.73 Å². The van der Waals surface area contributed by atoms with Crippen molar-refractivity contribution in [1.82, 2.24) is 0 Å². The molecule has 1 aromatic carbocycles. The highest BCUT2D eigenvalue weighted by atomic mass is 16.6. The van der Waals surface area contributed by atoms with Crippen LogP contribution >= 0.6 is 0 Å². The van der Waals surface area contributed by atoms with Gasteiger partial charge >= 0.3 is 0 Å². The largest absolute Gasteiger partial charge is 0.496 e. The fourth-order valence-corrected chi connectivity index (χ4v) is 2.29. The van der Waals surface area contributed by atoms with Gasteiger partial charge in [-0.25, -0.2) is 0 Å². The molecule has 0 heterocycles. The van der Waals surface area contributed by atoms with E-state index in [1.165, 1.54) is 13.2 Å². The van der Waals surface area contributed by atoms with Gasteiger partial charge in [-0.3, -0.25) is 10.1 Å². The van der Waals surface area contributed by atoms with Crippen molar-refractivity contribution in [3.05, 3.63) is 33.9 Å². The van der Waals surface area contributed by atoms with Gasteiger partial charge in [0.25, 0.3) is 5.69 Å². The first kappa shape index (κ1) is 16.4. The Bertz CT molecular complexity index is 462. The summed E-state index contributed by atoms with van der Waals surface area (Å²) in [6, 6.07) is 4.85. The summed E-state index contributed by atoms with van der Waals surface area (Å²) in [5.74, 6) is 0.503. The Balaban J connectivity index is 3.00. The summed E-state index contributed by atoms with van der Waals surface area (Å²) < 4.78 is 5.13. The van der Waals surface area contributed by atoms with Gasteiger partial charge in [0.2, 0.25) is 0 Å². The third-order valence-corrected chi connectivity index (χ3v) is 3.69. The van der Waals surface area contributed by atoms with Crippen LogP contribution in [-0.4, -0.2) is 17.6 Å². The van der Waals surface area contributed by atoms with Gasteiger partial charge in [-0.15, -0.1) is 0 Å². The number of methoxy groups -OCH3 is 1. The molecule has 0 aliphatic heterocycles. The number of nitrogens with zero attached hydrogens (tertiary/aromatic N) is 1. The van der Waals surface area contributed by atoms with Crippen LogP contribution in [0.1, 0.15) is 45.1 Å². The molecule has 0 saturated carbocycles. The molecule has 0 amide bonds. The Morgan fingerprint density at radius 3 is 2.55 bits per heavy atom. The van der Waals surface area contributed by atoms with Crippen molar-refractivity contribution >= 4 is 5.69 Å². The first-order valence-corrected chi connectivity index (χ1v) is 7.05. The lowest BCUT2D eigenvalue weighted by atomic mass is 9.84. The summed E-state index contributed by atoms with van der Waals surface area (Å²) in [6.45, 7) is 4.19. The van der Waals surface area contributed by atoms with E-state index in [1.54, 1.807) is 6.07 Å². The molecule has 0 aliphatic rings. The molecule has 1 unspecified atom stereocenters. The maximum Gasteiger partial charge on any atom is 0.273 e. The molecule has 0 radical (unpaired) electrons. The summed E-state index contributed by atoms with van der Waals surface area (Å²) in [6.07, 6.45) is 4.55. The van der Waals surface area contributed by atoms with E-state index in [2.05, 4.69) is 13.8 Å². The Labute approximate surface area is 120 Å². The number of benzene rings is 1. The number of non-ortho nitro benzene ring substituents is 1. The van der Waals surface area contributed by atoms with E-state index < -0.39 is 4.92 Å². The third-order valence-electron chi connectivity index (χ3n) is 3.69. The van der Waals surface area contributed by atoms with E-state index in [1.807, 2.05) is 6.07 Å². The van der Waals surface area contributed by atoms with Crippen molar-refractivity contribution < 1.29 is 9.66 Å². The highest BCUT2D eigenvalue weighted by Gasteiger charge is 2.24. The van der Waals surface area contributed by atoms with Gasteiger partial charge in [-0.2, -0.15) is 0 Å². The van der Waals surface area contributed by atoms with Crippen molar-refractivity contribution in [3.8, 4) is 5.75 Å². The normalized spacial score (nSPS) is 13.8. The van der Waals surface area contributed by atoms with E-state index in [4.69, 9.17) is 10.5 Å². The van der Waals surface area contributed by atoms with Gasteiger partial charge in [-0.1, -0.05) is 26.7 Å². The van der Waals surface area contributed by atoms with Crippen molar-refractivity contribution in [3.63, 3.8) is 0 Å². The van der Waals surface area contributed by atoms with Crippen LogP contribution in [0.25, 0.3) is 0 Å². The molecule has 1 rings (SSSR count). The maximum absolute atomic E-state index is 10.9. The number of nitrogens with two attached hydrogens (primary N) is 1. The summed E-state index contributed by atoms with van der Waals surface area (Å²) in [5, 5.41) is 10.9. The minimum Gasteiger partial charge on any atom is -0.496 e. The molecular weight excluding hydrogens is 256 g/mol. The molecule has 2 N–H and O–H groups in total. The van der Waals surface area contributed by atoms with Crippen LogP contribution in [0.15, 0.2) is 18.2 Å². The zero-order chi connectivity index (χ0) is 15.2. The SMILES string of the molecule is CCCCC(N)(CC)Cc1cc(OC)cc([N+](=O)[O-])c1. The van der Waals surface area contributed by atoms with Crippen molar-refractivity contribution in [1.29, 1.82) is 0 Å². The lowest BCUT2D eigenvalue weighted by Gasteiger charge is -2.28. The fourth-order valence-electron chi connectivity index (χ4n) is 2.29. The molecule has 5 heteroatoms. The van der Waals surface area contributed by atoms with Crippen LogP contribution in [0.5, 0.6) is 5.75 Å². The van der Waals surface area contributed by atoms with Gasteiger partial charge in [0, 0.05) is 11.6 Å². The van der Waals surface area contributed by atoms with E-state index in [0.29, 0.717) is 12.2 Å². The first-order chi connectivity index (χ1) is 9.44. The van der Waals surface area contributed by atoms with Crippen LogP contribution in [0, 0.1) is 10.1 Å². The average molecular weight is 280 g/mol. The van der Waals surface area contributed by atoms with Crippen LogP contribution < -0.4 is 10.5 Å². The monoisotopic (exact) mass is 280 g/mol. The van der Waals surface area contributed by atoms with Crippen LogP contribution in [0.3, 0.4) is 0 Å². The third kappa shape index (κ3) is 4.49. The molecule has 1 atom stereocenters. The maximum atomic E-state index is 10.9. The average Bonchev–Trinajstić information content (AvgIpc) is 2.44. The quantitative estimate of drug-likeness (QED) is 0.584. The molecule has 0 saturated heterocycles. The lowest BCUT2D eigenvalue weighted by Crippen LogP contribution is -2.41. The highest BCUT2D eigenvalue weighted by molar-refractivity contribution is 5.43. The van der Waals surface area contributed by atoms with Gasteiger partial charge in [-0.05, 0) is 30.9 Å². The van der Waals surface area contributed by atoms with Gasteiger partial charge in [0.05, 0.1) is 18.1 Å². The second-order valence-electron chi connectivity index (χ2n) is 5.29. The molecule has 112 valence electrons. The zero-order valence-electron chi connectivity index (χ0n) is 12.5. The minimum absolute atomic E-state index is 0.0493. The molecule has 1 aromatic rings. The fraction of sp³-hybridized carbons (Fsp3) is 0.600. The van der Waals surface area contributed by atoms with E-state index >= 15 is 0 Å². The molecule has 0 bridgehead atoms. The van der Waals surface area contributed by atoms with Gasteiger partial charge in [0.15, 0.2) is 0 Å². The number of nitro benzene ring substituents is 1. The highest BCUT2D eigenvalue weighted by Crippen LogP contribution is 2.27. The molecular formula is C15H24N2O3. The number of nitro groups is 1. The Kier molecular flexibility index (Phi) is 5.95. The Hall–Kier alpha value is -1.62. The number of hydrogen-bond donors (Lipinski definition) is 1. The van der Waals surface area contributed by atoms with Gasteiger partial charge < -0.3 is 10.5 Å². The summed E-state index contributed by atoms with van der Waals surface area (Å²) >= 11 is 0. The topological polar surface area (TPSA) is 78.4 Å². The number of ether oxygens (including phenoxy) is 1. The standard InChI is InChI=1S/C15H24N2O3/c1-4-6-7-15(16,5-2)11-12-8-13(17(18)19)10-14(9-12)20-3/h8-10H,4-7,11,16H2,1-3H3. The smallest absolute Gasteiger partial charge is 0.273 e. The zero-order valence-corrected chi connectivity index (χ0v) is 12.5. The molecule has 5 nitrogen and oxygen atoms in total. The minimum atomic E-state index is -0.401. The van der Waals surface area contributed by atoms with Crippen molar-refractivity contribution in [2.45, 2.75) is 51.5 Å². The second kappa shape index (κ2) is 7.24. The second-order valence-corrected chi connectivity index (χ2v) is 5.29. The molecule has 0 aliphatic carbocycles. The Morgan fingerprint density at radius 1 is 1.35 bits per heavy atom. The number of unbranched alkanes of at least 4 members (excludes halogenated alkanes) is 1. The van der Waals surface area contributed by atoms with E-state index in [-0.39, 0.29) is 11.2 Å².